The highest BCUT2D eigenvalue weighted by atomic mass is 35.5. The second-order valence-corrected chi connectivity index (χ2v) is 9.19. The van der Waals surface area contributed by atoms with Gasteiger partial charge in [-0.15, -0.1) is 0 Å². The number of halogens is 1. The lowest BCUT2D eigenvalue weighted by atomic mass is 9.62. The summed E-state index contributed by atoms with van der Waals surface area (Å²) in [5.41, 5.74) is 2.07. The highest BCUT2D eigenvalue weighted by Gasteiger charge is 2.39. The highest BCUT2D eigenvalue weighted by Crippen LogP contribution is 2.48. The number of benzene rings is 1. The van der Waals surface area contributed by atoms with E-state index in [4.69, 9.17) is 16.7 Å². The zero-order valence-electron chi connectivity index (χ0n) is 17.6. The number of nitrogens with one attached hydrogen (secondary N) is 2. The van der Waals surface area contributed by atoms with Crippen molar-refractivity contribution in [2.24, 2.45) is 11.3 Å². The Morgan fingerprint density at radius 2 is 1.90 bits per heavy atom. The van der Waals surface area contributed by atoms with Crippen molar-refractivity contribution in [3.63, 3.8) is 0 Å². The molecule has 1 amide bonds. The summed E-state index contributed by atoms with van der Waals surface area (Å²) in [6.07, 6.45) is 11.8. The second-order valence-electron chi connectivity index (χ2n) is 8.78. The molecule has 1 aromatic carbocycles. The molecule has 3 N–H and O–H groups in total. The van der Waals surface area contributed by atoms with Crippen LogP contribution in [0.15, 0.2) is 18.2 Å². The standard InChI is InChI=1S/C23H35ClN2O2.CH2/c24-21-9-8-18(7-3-12-25-13-4-14-27)15-20(21)22(28)26-17-23-10-1-5-19(16-23)6-2-11-23;/h8-9,15,19,25,27H,1-7,10-14,16-17H2,(H,26,28);1H2. The predicted molar refractivity (Wildman–Crippen MR) is 120 cm³/mol. The highest BCUT2D eigenvalue weighted by molar-refractivity contribution is 6.33. The number of fused-ring (bicyclic) bond motifs is 2. The molecule has 5 heteroatoms. The smallest absolute Gasteiger partial charge is 0.252 e. The van der Waals surface area contributed by atoms with Crippen LogP contribution < -0.4 is 10.6 Å². The van der Waals surface area contributed by atoms with Crippen LogP contribution in [0.5, 0.6) is 0 Å². The van der Waals surface area contributed by atoms with Gasteiger partial charge in [-0.25, -0.2) is 0 Å². The van der Waals surface area contributed by atoms with Gasteiger partial charge < -0.3 is 15.7 Å². The molecule has 4 nitrogen and oxygen atoms in total. The zero-order valence-corrected chi connectivity index (χ0v) is 18.4. The number of amides is 1. The Bertz CT molecular complexity index is 640. The fraction of sp³-hybridized carbons (Fsp3) is 0.667. The molecule has 2 fully saturated rings. The van der Waals surface area contributed by atoms with Crippen LogP contribution in [0.1, 0.15) is 73.7 Å². The minimum atomic E-state index is -0.0324. The first kappa shape index (κ1) is 24.2. The maximum atomic E-state index is 12.8. The van der Waals surface area contributed by atoms with Crippen molar-refractivity contribution in [2.45, 2.75) is 64.2 Å². The number of carbonyl (C=O) groups excluding carboxylic acids is 1. The number of aryl methyl sites for hydroxylation is 1. The predicted octanol–water partition coefficient (Wildman–Crippen LogP) is 4.66. The van der Waals surface area contributed by atoms with E-state index >= 15 is 0 Å². The number of carbonyl (C=O) groups is 1. The molecule has 0 aromatic heterocycles. The molecule has 3 rings (SSSR count). The van der Waals surface area contributed by atoms with Crippen LogP contribution in [0.25, 0.3) is 0 Å². The fourth-order valence-electron chi connectivity index (χ4n) is 5.08. The molecule has 2 aliphatic rings. The van der Waals surface area contributed by atoms with Crippen molar-refractivity contribution in [1.29, 1.82) is 0 Å². The van der Waals surface area contributed by atoms with Crippen LogP contribution >= 0.6 is 11.6 Å². The summed E-state index contributed by atoms with van der Waals surface area (Å²) >= 11 is 6.34. The molecule has 0 unspecified atom stereocenters. The largest absolute Gasteiger partial charge is 0.396 e. The van der Waals surface area contributed by atoms with E-state index in [1.807, 2.05) is 18.2 Å². The van der Waals surface area contributed by atoms with Gasteiger partial charge in [0, 0.05) is 13.2 Å². The Morgan fingerprint density at radius 1 is 1.17 bits per heavy atom. The van der Waals surface area contributed by atoms with E-state index in [1.54, 1.807) is 0 Å². The van der Waals surface area contributed by atoms with Crippen molar-refractivity contribution >= 4 is 17.5 Å². The first-order valence-electron chi connectivity index (χ1n) is 11.0. The average Bonchev–Trinajstić information content (AvgIpc) is 2.70. The molecule has 0 atom stereocenters. The Morgan fingerprint density at radius 3 is 2.62 bits per heavy atom. The number of hydrogen-bond donors (Lipinski definition) is 3. The van der Waals surface area contributed by atoms with Crippen LogP contribution in [0.3, 0.4) is 0 Å². The maximum Gasteiger partial charge on any atom is 0.252 e. The Kier molecular flexibility index (Phi) is 9.94. The van der Waals surface area contributed by atoms with Gasteiger partial charge in [0.05, 0.1) is 10.6 Å². The first-order valence-corrected chi connectivity index (χ1v) is 11.4. The lowest BCUT2D eigenvalue weighted by molar-refractivity contribution is 0.0682. The van der Waals surface area contributed by atoms with Crippen molar-refractivity contribution in [1.82, 2.24) is 10.6 Å². The van der Waals surface area contributed by atoms with E-state index < -0.39 is 0 Å². The SMILES string of the molecule is O=C(NCC12CCCC(CCC1)C2)c1cc(CCCNCCCO)ccc1Cl.[CH2]. The third-order valence-corrected chi connectivity index (χ3v) is 6.92. The van der Waals surface area contributed by atoms with Gasteiger partial charge in [-0.2, -0.15) is 0 Å². The van der Waals surface area contributed by atoms with Gasteiger partial charge in [0.2, 0.25) is 0 Å². The monoisotopic (exact) mass is 420 g/mol. The van der Waals surface area contributed by atoms with Crippen molar-refractivity contribution in [3.05, 3.63) is 41.8 Å². The van der Waals surface area contributed by atoms with E-state index in [2.05, 4.69) is 10.6 Å². The van der Waals surface area contributed by atoms with Gasteiger partial charge in [0.15, 0.2) is 0 Å². The molecule has 2 radical (unpaired) electrons. The lowest BCUT2D eigenvalue weighted by Gasteiger charge is -2.45. The Hall–Kier alpha value is -1.10. The molecule has 0 aliphatic heterocycles. The van der Waals surface area contributed by atoms with Gasteiger partial charge >= 0.3 is 0 Å². The summed E-state index contributed by atoms with van der Waals surface area (Å²) in [4.78, 5) is 12.8. The van der Waals surface area contributed by atoms with E-state index in [0.29, 0.717) is 16.0 Å². The third kappa shape index (κ3) is 6.97. The van der Waals surface area contributed by atoms with E-state index in [-0.39, 0.29) is 19.9 Å². The molecule has 0 saturated heterocycles. The lowest BCUT2D eigenvalue weighted by Crippen LogP contribution is -2.43. The van der Waals surface area contributed by atoms with E-state index in [0.717, 1.165) is 50.4 Å². The molecule has 1 aromatic rings. The average molecular weight is 421 g/mol. The van der Waals surface area contributed by atoms with Crippen LogP contribution in [-0.4, -0.2) is 37.3 Å². The third-order valence-electron chi connectivity index (χ3n) is 6.59. The van der Waals surface area contributed by atoms with Crippen LogP contribution in [0.2, 0.25) is 5.02 Å². The quantitative estimate of drug-likeness (QED) is 0.482. The van der Waals surface area contributed by atoms with Gasteiger partial charge in [-0.05, 0) is 80.6 Å². The van der Waals surface area contributed by atoms with Gasteiger partial charge in [0.25, 0.3) is 5.91 Å². The summed E-state index contributed by atoms with van der Waals surface area (Å²) < 4.78 is 0. The molecule has 2 saturated carbocycles. The summed E-state index contributed by atoms with van der Waals surface area (Å²) in [5.74, 6) is 0.840. The van der Waals surface area contributed by atoms with Gasteiger partial charge in [-0.1, -0.05) is 50.8 Å². The second kappa shape index (κ2) is 11.9. The Balaban J connectivity index is 0.00000300. The molecule has 162 valence electrons. The maximum absolute atomic E-state index is 12.8. The van der Waals surface area contributed by atoms with E-state index in [1.165, 1.54) is 44.9 Å². The number of hydrogen-bond acceptors (Lipinski definition) is 3. The summed E-state index contributed by atoms with van der Waals surface area (Å²) in [6, 6.07) is 5.81. The minimum absolute atomic E-state index is 0. The minimum Gasteiger partial charge on any atom is -0.396 e. The van der Waals surface area contributed by atoms with Crippen molar-refractivity contribution in [3.8, 4) is 0 Å². The molecule has 29 heavy (non-hydrogen) atoms. The van der Waals surface area contributed by atoms with Crippen molar-refractivity contribution in [2.75, 3.05) is 26.2 Å². The van der Waals surface area contributed by atoms with Crippen molar-refractivity contribution < 1.29 is 9.90 Å². The number of aliphatic hydroxyl groups excluding tert-OH is 1. The summed E-state index contributed by atoms with van der Waals surface area (Å²) in [5, 5.41) is 15.9. The molecule has 2 aliphatic carbocycles. The summed E-state index contributed by atoms with van der Waals surface area (Å²) in [6.45, 7) is 2.77. The van der Waals surface area contributed by atoms with Gasteiger partial charge in [-0.3, -0.25) is 4.79 Å². The molecule has 2 bridgehead atoms. The normalized spacial score (nSPS) is 23.3. The van der Waals surface area contributed by atoms with Crippen LogP contribution in [0, 0.1) is 18.8 Å². The van der Waals surface area contributed by atoms with Crippen LogP contribution in [-0.2, 0) is 6.42 Å². The molecular weight excluding hydrogens is 384 g/mol. The number of aliphatic hydroxyl groups is 1. The summed E-state index contributed by atoms with van der Waals surface area (Å²) in [7, 11) is 0. The molecular formula is C24H37ClN2O2. The topological polar surface area (TPSA) is 61.4 Å². The fourth-order valence-corrected chi connectivity index (χ4v) is 5.29. The van der Waals surface area contributed by atoms with Gasteiger partial charge in [0.1, 0.15) is 0 Å². The van der Waals surface area contributed by atoms with Crippen LogP contribution in [0.4, 0.5) is 0 Å². The number of rotatable bonds is 10. The first-order chi connectivity index (χ1) is 13.6. The zero-order chi connectivity index (χ0) is 19.8. The molecule has 0 heterocycles. The Labute approximate surface area is 181 Å². The molecule has 0 spiro atoms. The van der Waals surface area contributed by atoms with E-state index in [9.17, 15) is 4.79 Å².